The van der Waals surface area contributed by atoms with E-state index in [2.05, 4.69) is 21.2 Å². The van der Waals surface area contributed by atoms with Crippen molar-refractivity contribution in [1.29, 1.82) is 0 Å². The first-order valence-corrected chi connectivity index (χ1v) is 9.61. The Balaban J connectivity index is 2.31. The number of hydrogen-bond acceptors (Lipinski definition) is 3. The van der Waals surface area contributed by atoms with Crippen LogP contribution in [0, 0.1) is 0 Å². The zero-order valence-electron chi connectivity index (χ0n) is 12.6. The molecule has 0 bridgehead atoms. The SMILES string of the molecule is CNCc1ccc(Br)c(S(=O)(=O)N(C)C2CCCCC2)c1. The highest BCUT2D eigenvalue weighted by Crippen LogP contribution is 2.30. The molecule has 118 valence electrons. The van der Waals surface area contributed by atoms with Crippen LogP contribution in [0.1, 0.15) is 37.7 Å². The number of sulfonamides is 1. The van der Waals surface area contributed by atoms with E-state index in [1.807, 2.05) is 19.2 Å². The van der Waals surface area contributed by atoms with E-state index in [9.17, 15) is 8.42 Å². The molecule has 6 heteroatoms. The van der Waals surface area contributed by atoms with Gasteiger partial charge < -0.3 is 5.32 Å². The molecule has 0 amide bonds. The van der Waals surface area contributed by atoms with Gasteiger partial charge in [0.25, 0.3) is 0 Å². The first kappa shape index (κ1) is 16.9. The van der Waals surface area contributed by atoms with Gasteiger partial charge in [-0.2, -0.15) is 4.31 Å². The fraction of sp³-hybridized carbons (Fsp3) is 0.600. The van der Waals surface area contributed by atoms with Gasteiger partial charge in [0.05, 0.1) is 4.90 Å². The minimum atomic E-state index is -3.45. The van der Waals surface area contributed by atoms with Crippen LogP contribution in [0.5, 0.6) is 0 Å². The summed E-state index contributed by atoms with van der Waals surface area (Å²) in [6, 6.07) is 5.63. The van der Waals surface area contributed by atoms with Crippen LogP contribution in [0.15, 0.2) is 27.6 Å². The zero-order chi connectivity index (χ0) is 15.5. The quantitative estimate of drug-likeness (QED) is 0.860. The number of hydrogen-bond donors (Lipinski definition) is 1. The molecule has 0 radical (unpaired) electrons. The van der Waals surface area contributed by atoms with Crippen LogP contribution in [0.4, 0.5) is 0 Å². The molecule has 2 rings (SSSR count). The molecule has 1 aliphatic carbocycles. The molecule has 0 aromatic heterocycles. The van der Waals surface area contributed by atoms with Crippen molar-refractivity contribution >= 4 is 26.0 Å². The highest BCUT2D eigenvalue weighted by molar-refractivity contribution is 9.10. The molecule has 0 heterocycles. The van der Waals surface area contributed by atoms with E-state index < -0.39 is 10.0 Å². The second kappa shape index (κ2) is 7.22. The average molecular weight is 375 g/mol. The Labute approximate surface area is 136 Å². The predicted molar refractivity (Wildman–Crippen MR) is 88.7 cm³/mol. The molecule has 1 aromatic carbocycles. The van der Waals surface area contributed by atoms with Crippen LogP contribution < -0.4 is 5.32 Å². The van der Waals surface area contributed by atoms with Crippen LogP contribution >= 0.6 is 15.9 Å². The van der Waals surface area contributed by atoms with E-state index in [0.717, 1.165) is 31.2 Å². The smallest absolute Gasteiger partial charge is 0.244 e. The molecule has 1 fully saturated rings. The van der Waals surface area contributed by atoms with Gasteiger partial charge in [0, 0.05) is 24.1 Å². The van der Waals surface area contributed by atoms with Crippen LogP contribution in [-0.2, 0) is 16.6 Å². The first-order valence-electron chi connectivity index (χ1n) is 7.38. The Hall–Kier alpha value is -0.430. The minimum Gasteiger partial charge on any atom is -0.316 e. The van der Waals surface area contributed by atoms with E-state index in [4.69, 9.17) is 0 Å². The van der Waals surface area contributed by atoms with Gasteiger partial charge in [-0.25, -0.2) is 8.42 Å². The molecule has 0 atom stereocenters. The van der Waals surface area contributed by atoms with Gasteiger partial charge in [-0.15, -0.1) is 0 Å². The zero-order valence-corrected chi connectivity index (χ0v) is 15.0. The third kappa shape index (κ3) is 3.86. The first-order chi connectivity index (χ1) is 9.96. The highest BCUT2D eigenvalue weighted by atomic mass is 79.9. The second-order valence-electron chi connectivity index (χ2n) is 5.61. The third-order valence-corrected chi connectivity index (χ3v) is 7.03. The second-order valence-corrected chi connectivity index (χ2v) is 8.43. The van der Waals surface area contributed by atoms with Gasteiger partial charge in [-0.05, 0) is 53.5 Å². The summed E-state index contributed by atoms with van der Waals surface area (Å²) >= 11 is 3.38. The lowest BCUT2D eigenvalue weighted by Gasteiger charge is -2.30. The van der Waals surface area contributed by atoms with Gasteiger partial charge in [0.2, 0.25) is 10.0 Å². The molecule has 1 N–H and O–H groups in total. The van der Waals surface area contributed by atoms with E-state index >= 15 is 0 Å². The van der Waals surface area contributed by atoms with Crippen molar-refractivity contribution < 1.29 is 8.42 Å². The summed E-state index contributed by atoms with van der Waals surface area (Å²) in [5, 5.41) is 3.05. The van der Waals surface area contributed by atoms with Crippen molar-refractivity contribution in [2.45, 2.75) is 49.6 Å². The number of rotatable bonds is 5. The number of halogens is 1. The summed E-state index contributed by atoms with van der Waals surface area (Å²) in [6.45, 7) is 0.656. The summed E-state index contributed by atoms with van der Waals surface area (Å²) < 4.78 is 28.0. The summed E-state index contributed by atoms with van der Waals surface area (Å²) in [4.78, 5) is 0.364. The van der Waals surface area contributed by atoms with Crippen LogP contribution in [0.3, 0.4) is 0 Å². The van der Waals surface area contributed by atoms with Crippen molar-refractivity contribution in [3.05, 3.63) is 28.2 Å². The van der Waals surface area contributed by atoms with Crippen molar-refractivity contribution in [2.75, 3.05) is 14.1 Å². The fourth-order valence-electron chi connectivity index (χ4n) is 2.86. The molecular formula is C15H23BrN2O2S. The molecule has 1 saturated carbocycles. The van der Waals surface area contributed by atoms with Crippen LogP contribution in [0.25, 0.3) is 0 Å². The third-order valence-electron chi connectivity index (χ3n) is 4.12. The summed E-state index contributed by atoms with van der Waals surface area (Å²) in [6.07, 6.45) is 5.37. The lowest BCUT2D eigenvalue weighted by atomic mass is 9.96. The largest absolute Gasteiger partial charge is 0.316 e. The Morgan fingerprint density at radius 1 is 1.29 bits per heavy atom. The normalized spacial score (nSPS) is 17.3. The average Bonchev–Trinajstić information content (AvgIpc) is 2.49. The van der Waals surface area contributed by atoms with Crippen molar-refractivity contribution in [1.82, 2.24) is 9.62 Å². The number of benzene rings is 1. The van der Waals surface area contributed by atoms with E-state index in [-0.39, 0.29) is 6.04 Å². The van der Waals surface area contributed by atoms with Crippen molar-refractivity contribution in [2.24, 2.45) is 0 Å². The maximum Gasteiger partial charge on any atom is 0.244 e. The van der Waals surface area contributed by atoms with E-state index in [1.54, 1.807) is 17.4 Å². The Morgan fingerprint density at radius 2 is 1.95 bits per heavy atom. The molecular weight excluding hydrogens is 352 g/mol. The standard InChI is InChI=1S/C15H23BrN2O2S/c1-17-11-12-8-9-14(16)15(10-12)21(19,20)18(2)13-6-4-3-5-7-13/h8-10,13,17H,3-7,11H2,1-2H3. The number of nitrogens with zero attached hydrogens (tertiary/aromatic N) is 1. The lowest BCUT2D eigenvalue weighted by Crippen LogP contribution is -2.38. The Kier molecular flexibility index (Phi) is 5.82. The van der Waals surface area contributed by atoms with Crippen LogP contribution in [-0.4, -0.2) is 32.9 Å². The summed E-state index contributed by atoms with van der Waals surface area (Å²) in [5.41, 5.74) is 0.969. The molecule has 4 nitrogen and oxygen atoms in total. The van der Waals surface area contributed by atoms with Gasteiger partial charge in [-0.1, -0.05) is 25.3 Å². The molecule has 21 heavy (non-hydrogen) atoms. The van der Waals surface area contributed by atoms with Gasteiger partial charge in [-0.3, -0.25) is 0 Å². The van der Waals surface area contributed by atoms with E-state index in [1.165, 1.54) is 6.42 Å². The minimum absolute atomic E-state index is 0.128. The van der Waals surface area contributed by atoms with Crippen molar-refractivity contribution in [3.8, 4) is 0 Å². The summed E-state index contributed by atoms with van der Waals surface area (Å²) in [5.74, 6) is 0. The summed E-state index contributed by atoms with van der Waals surface area (Å²) in [7, 11) is 0.111. The predicted octanol–water partition coefficient (Wildman–Crippen LogP) is 3.12. The highest BCUT2D eigenvalue weighted by Gasteiger charge is 2.30. The molecule has 0 unspecified atom stereocenters. The molecule has 0 saturated heterocycles. The fourth-order valence-corrected chi connectivity index (χ4v) is 5.24. The lowest BCUT2D eigenvalue weighted by molar-refractivity contribution is 0.285. The van der Waals surface area contributed by atoms with Gasteiger partial charge in [0.15, 0.2) is 0 Å². The molecule has 1 aliphatic rings. The molecule has 0 aliphatic heterocycles. The van der Waals surface area contributed by atoms with Gasteiger partial charge in [0.1, 0.15) is 0 Å². The van der Waals surface area contributed by atoms with E-state index in [0.29, 0.717) is 15.9 Å². The topological polar surface area (TPSA) is 49.4 Å². The van der Waals surface area contributed by atoms with Crippen molar-refractivity contribution in [3.63, 3.8) is 0 Å². The number of nitrogens with one attached hydrogen (secondary N) is 1. The molecule has 0 spiro atoms. The maximum absolute atomic E-state index is 12.9. The Morgan fingerprint density at radius 3 is 2.57 bits per heavy atom. The monoisotopic (exact) mass is 374 g/mol. The van der Waals surface area contributed by atoms with Crippen LogP contribution in [0.2, 0.25) is 0 Å². The molecule has 1 aromatic rings. The van der Waals surface area contributed by atoms with Gasteiger partial charge >= 0.3 is 0 Å². The maximum atomic E-state index is 12.9. The Bertz CT molecular complexity index is 583.